The summed E-state index contributed by atoms with van der Waals surface area (Å²) in [7, 11) is 1.94. The molecule has 0 aromatic carbocycles. The SMILES string of the molecule is CNC(C)c1ccc(OCC2CCCC2)cn1. The maximum absolute atomic E-state index is 5.78. The zero-order valence-corrected chi connectivity index (χ0v) is 10.8. The molecule has 1 N–H and O–H groups in total. The Morgan fingerprint density at radius 2 is 2.18 bits per heavy atom. The van der Waals surface area contributed by atoms with Crippen LogP contribution < -0.4 is 10.1 Å². The summed E-state index contributed by atoms with van der Waals surface area (Å²) >= 11 is 0. The Bertz CT molecular complexity index is 331. The Morgan fingerprint density at radius 3 is 2.76 bits per heavy atom. The Labute approximate surface area is 104 Å². The second-order valence-electron chi connectivity index (χ2n) is 4.89. The zero-order valence-electron chi connectivity index (χ0n) is 10.8. The van der Waals surface area contributed by atoms with Crippen molar-refractivity contribution in [3.63, 3.8) is 0 Å². The van der Waals surface area contributed by atoms with Crippen LogP contribution in [-0.2, 0) is 0 Å². The van der Waals surface area contributed by atoms with Gasteiger partial charge in [-0.15, -0.1) is 0 Å². The van der Waals surface area contributed by atoms with Crippen molar-refractivity contribution in [1.29, 1.82) is 0 Å². The van der Waals surface area contributed by atoms with Crippen molar-refractivity contribution in [2.45, 2.75) is 38.6 Å². The lowest BCUT2D eigenvalue weighted by Crippen LogP contribution is -2.14. The highest BCUT2D eigenvalue weighted by molar-refractivity contribution is 5.21. The molecule has 1 unspecified atom stereocenters. The number of hydrogen-bond donors (Lipinski definition) is 1. The first-order valence-corrected chi connectivity index (χ1v) is 6.55. The standard InChI is InChI=1S/C14H22N2O/c1-11(15-2)14-8-7-13(9-16-14)17-10-12-5-3-4-6-12/h7-9,11-12,15H,3-6,10H2,1-2H3. The van der Waals surface area contributed by atoms with Crippen LogP contribution in [-0.4, -0.2) is 18.6 Å². The van der Waals surface area contributed by atoms with Gasteiger partial charge in [-0.2, -0.15) is 0 Å². The molecular weight excluding hydrogens is 212 g/mol. The van der Waals surface area contributed by atoms with Crippen LogP contribution in [0.3, 0.4) is 0 Å². The summed E-state index contributed by atoms with van der Waals surface area (Å²) in [5.41, 5.74) is 1.06. The Balaban J connectivity index is 1.84. The molecule has 1 saturated carbocycles. The molecule has 3 nitrogen and oxygen atoms in total. The van der Waals surface area contributed by atoms with E-state index in [1.54, 1.807) is 0 Å². The molecule has 0 aliphatic heterocycles. The average molecular weight is 234 g/mol. The minimum atomic E-state index is 0.291. The van der Waals surface area contributed by atoms with E-state index in [1.807, 2.05) is 25.4 Å². The second-order valence-corrected chi connectivity index (χ2v) is 4.89. The Hall–Kier alpha value is -1.09. The summed E-state index contributed by atoms with van der Waals surface area (Å²) in [6.07, 6.45) is 7.21. The summed E-state index contributed by atoms with van der Waals surface area (Å²) in [6.45, 7) is 2.95. The molecule has 0 saturated heterocycles. The summed E-state index contributed by atoms with van der Waals surface area (Å²) in [4.78, 5) is 4.41. The van der Waals surface area contributed by atoms with Gasteiger partial charge in [0.25, 0.3) is 0 Å². The van der Waals surface area contributed by atoms with Gasteiger partial charge < -0.3 is 10.1 Å². The van der Waals surface area contributed by atoms with Crippen LogP contribution in [0.5, 0.6) is 5.75 Å². The minimum Gasteiger partial charge on any atom is -0.492 e. The van der Waals surface area contributed by atoms with Gasteiger partial charge in [-0.05, 0) is 44.9 Å². The highest BCUT2D eigenvalue weighted by Gasteiger charge is 2.15. The molecule has 0 bridgehead atoms. The molecule has 94 valence electrons. The zero-order chi connectivity index (χ0) is 12.1. The van der Waals surface area contributed by atoms with Crippen LogP contribution in [0, 0.1) is 5.92 Å². The maximum atomic E-state index is 5.78. The summed E-state index contributed by atoms with van der Waals surface area (Å²) < 4.78 is 5.78. The van der Waals surface area contributed by atoms with Gasteiger partial charge in [0, 0.05) is 6.04 Å². The number of pyridine rings is 1. The average Bonchev–Trinajstić information content (AvgIpc) is 2.89. The molecule has 17 heavy (non-hydrogen) atoms. The summed E-state index contributed by atoms with van der Waals surface area (Å²) in [5, 5.41) is 3.17. The first kappa shape index (κ1) is 12.4. The number of ether oxygens (including phenoxy) is 1. The normalized spacial score (nSPS) is 18.2. The fourth-order valence-electron chi connectivity index (χ4n) is 2.27. The second kappa shape index (κ2) is 6.01. The molecule has 1 aliphatic rings. The van der Waals surface area contributed by atoms with Gasteiger partial charge in [0.05, 0.1) is 18.5 Å². The van der Waals surface area contributed by atoms with Crippen molar-refractivity contribution in [3.05, 3.63) is 24.0 Å². The molecular formula is C14H22N2O. The van der Waals surface area contributed by atoms with Crippen LogP contribution in [0.15, 0.2) is 18.3 Å². The largest absolute Gasteiger partial charge is 0.492 e. The number of rotatable bonds is 5. The van der Waals surface area contributed by atoms with E-state index < -0.39 is 0 Å². The van der Waals surface area contributed by atoms with Crippen LogP contribution >= 0.6 is 0 Å². The molecule has 0 spiro atoms. The fourth-order valence-corrected chi connectivity index (χ4v) is 2.27. The van der Waals surface area contributed by atoms with E-state index in [9.17, 15) is 0 Å². The number of hydrogen-bond acceptors (Lipinski definition) is 3. The Morgan fingerprint density at radius 1 is 1.41 bits per heavy atom. The van der Waals surface area contributed by atoms with Gasteiger partial charge in [0.1, 0.15) is 5.75 Å². The fraction of sp³-hybridized carbons (Fsp3) is 0.643. The minimum absolute atomic E-state index is 0.291. The van der Waals surface area contributed by atoms with E-state index in [4.69, 9.17) is 4.74 Å². The van der Waals surface area contributed by atoms with E-state index in [0.717, 1.165) is 24.0 Å². The highest BCUT2D eigenvalue weighted by Crippen LogP contribution is 2.25. The summed E-state index contributed by atoms with van der Waals surface area (Å²) in [6, 6.07) is 4.34. The third-order valence-corrected chi connectivity index (χ3v) is 3.60. The van der Waals surface area contributed by atoms with E-state index >= 15 is 0 Å². The van der Waals surface area contributed by atoms with E-state index in [-0.39, 0.29) is 0 Å². The van der Waals surface area contributed by atoms with Gasteiger partial charge in [-0.25, -0.2) is 0 Å². The summed E-state index contributed by atoms with van der Waals surface area (Å²) in [5.74, 6) is 1.65. The van der Waals surface area contributed by atoms with Gasteiger partial charge >= 0.3 is 0 Å². The van der Waals surface area contributed by atoms with Crippen molar-refractivity contribution >= 4 is 0 Å². The molecule has 1 aromatic rings. The lowest BCUT2D eigenvalue weighted by Gasteiger charge is -2.13. The van der Waals surface area contributed by atoms with Crippen LogP contribution in [0.1, 0.15) is 44.3 Å². The molecule has 2 rings (SSSR count). The van der Waals surface area contributed by atoms with Crippen molar-refractivity contribution in [1.82, 2.24) is 10.3 Å². The maximum Gasteiger partial charge on any atom is 0.137 e. The molecule has 1 heterocycles. The molecule has 3 heteroatoms. The number of nitrogens with one attached hydrogen (secondary N) is 1. The quantitative estimate of drug-likeness (QED) is 0.850. The molecule has 1 atom stereocenters. The van der Waals surface area contributed by atoms with E-state index in [1.165, 1.54) is 25.7 Å². The van der Waals surface area contributed by atoms with Gasteiger partial charge in [-0.3, -0.25) is 4.98 Å². The highest BCUT2D eigenvalue weighted by atomic mass is 16.5. The van der Waals surface area contributed by atoms with Crippen LogP contribution in [0.4, 0.5) is 0 Å². The van der Waals surface area contributed by atoms with Crippen molar-refractivity contribution in [3.8, 4) is 5.75 Å². The molecule has 1 aromatic heterocycles. The molecule has 1 aliphatic carbocycles. The van der Waals surface area contributed by atoms with E-state index in [2.05, 4.69) is 17.2 Å². The van der Waals surface area contributed by atoms with Gasteiger partial charge in [0.2, 0.25) is 0 Å². The number of aromatic nitrogens is 1. The van der Waals surface area contributed by atoms with Gasteiger partial charge in [0.15, 0.2) is 0 Å². The van der Waals surface area contributed by atoms with Crippen LogP contribution in [0.2, 0.25) is 0 Å². The van der Waals surface area contributed by atoms with E-state index in [0.29, 0.717) is 6.04 Å². The topological polar surface area (TPSA) is 34.1 Å². The first-order chi connectivity index (χ1) is 8.29. The predicted octanol–water partition coefficient (Wildman–Crippen LogP) is 2.93. The molecule has 0 amide bonds. The molecule has 0 radical (unpaired) electrons. The van der Waals surface area contributed by atoms with Crippen LogP contribution in [0.25, 0.3) is 0 Å². The monoisotopic (exact) mass is 234 g/mol. The lowest BCUT2D eigenvalue weighted by molar-refractivity contribution is 0.251. The third-order valence-electron chi connectivity index (χ3n) is 3.60. The molecule has 1 fully saturated rings. The predicted molar refractivity (Wildman–Crippen MR) is 69.2 cm³/mol. The van der Waals surface area contributed by atoms with Gasteiger partial charge in [-0.1, -0.05) is 12.8 Å². The van der Waals surface area contributed by atoms with Crippen molar-refractivity contribution in [2.24, 2.45) is 5.92 Å². The van der Waals surface area contributed by atoms with Crippen molar-refractivity contribution in [2.75, 3.05) is 13.7 Å². The first-order valence-electron chi connectivity index (χ1n) is 6.55. The lowest BCUT2D eigenvalue weighted by atomic mass is 10.1. The Kier molecular flexibility index (Phi) is 4.37. The number of nitrogens with zero attached hydrogens (tertiary/aromatic N) is 1. The smallest absolute Gasteiger partial charge is 0.137 e. The third kappa shape index (κ3) is 3.43. The van der Waals surface area contributed by atoms with Crippen molar-refractivity contribution < 1.29 is 4.74 Å².